The third-order valence-electron chi connectivity index (χ3n) is 8.73. The van der Waals surface area contributed by atoms with Crippen molar-refractivity contribution >= 4 is 57.7 Å². The molecule has 0 saturated heterocycles. The summed E-state index contributed by atoms with van der Waals surface area (Å²) in [6.45, 7) is 7.48. The number of hydrogen-bond acceptors (Lipinski definition) is 5. The van der Waals surface area contributed by atoms with Crippen LogP contribution in [-0.2, 0) is 35.6 Å². The van der Waals surface area contributed by atoms with Crippen molar-refractivity contribution in [3.8, 4) is 0 Å². The minimum atomic E-state index is -1.20. The Morgan fingerprint density at radius 2 is 1.81 bits per heavy atom. The van der Waals surface area contributed by atoms with E-state index >= 15 is 0 Å². The van der Waals surface area contributed by atoms with E-state index in [9.17, 15) is 14.7 Å². The zero-order chi connectivity index (χ0) is 30.6. The second-order valence-electron chi connectivity index (χ2n) is 11.9. The smallest absolute Gasteiger partial charge is 0.310 e. The molecule has 0 aliphatic carbocycles. The van der Waals surface area contributed by atoms with E-state index in [1.54, 1.807) is 30.9 Å². The standard InChI is InChI=1S/C32H31Cl3N4O4/c1-17-21-5-6-26-29(17)36-37-39(26)8-4-10-43-16-18-11-24(34)27(25(35)12-18)30(40)38-9-7-22-20(15-38)13-19(14-23(22)33)28(21)32(2,3)31(41)42/h5-6,11-14,28H,4,7-10,15-16H2,1-3H3,(H,41,42). The van der Waals surface area contributed by atoms with Crippen LogP contribution in [0.5, 0.6) is 0 Å². The molecule has 1 aromatic heterocycles. The second-order valence-corrected chi connectivity index (χ2v) is 13.1. The first-order valence-electron chi connectivity index (χ1n) is 14.2. The lowest BCUT2D eigenvalue weighted by Gasteiger charge is -2.35. The van der Waals surface area contributed by atoms with Gasteiger partial charge in [-0.25, -0.2) is 4.68 Å². The van der Waals surface area contributed by atoms with Crippen molar-refractivity contribution in [2.75, 3.05) is 13.2 Å². The molecule has 9 bridgehead atoms. The van der Waals surface area contributed by atoms with Crippen molar-refractivity contribution in [2.45, 2.75) is 59.2 Å². The van der Waals surface area contributed by atoms with Crippen molar-refractivity contribution in [3.05, 3.63) is 90.4 Å². The number of hydrogen-bond donors (Lipinski definition) is 1. The van der Waals surface area contributed by atoms with E-state index in [1.165, 1.54) is 0 Å². The summed E-state index contributed by atoms with van der Waals surface area (Å²) in [5, 5.41) is 20.4. The predicted molar refractivity (Wildman–Crippen MR) is 166 cm³/mol. The van der Waals surface area contributed by atoms with Crippen LogP contribution in [-0.4, -0.2) is 50.0 Å². The highest BCUT2D eigenvalue weighted by atomic mass is 35.5. The van der Waals surface area contributed by atoms with Gasteiger partial charge in [-0.15, -0.1) is 5.10 Å². The highest BCUT2D eigenvalue weighted by Crippen LogP contribution is 2.45. The fourth-order valence-electron chi connectivity index (χ4n) is 6.36. The molecule has 0 saturated carbocycles. The number of halogens is 3. The molecular formula is C32H31Cl3N4O4. The number of aliphatic carboxylic acids is 1. The SMILES string of the molecule is Cc1c2ccc3c1nnn3CCCOCc1cc(Cl)c(c(Cl)c1)C(=O)N1CCc3c(Cl)cc(cc3C1)C2C(C)(C)C(=O)O. The Balaban J connectivity index is 1.53. The summed E-state index contributed by atoms with van der Waals surface area (Å²) in [7, 11) is 0. The Bertz CT molecular complexity index is 1760. The summed E-state index contributed by atoms with van der Waals surface area (Å²) in [5.74, 6) is -1.77. The number of nitrogens with zero attached hydrogens (tertiary/aromatic N) is 4. The Morgan fingerprint density at radius 3 is 2.53 bits per heavy atom. The van der Waals surface area contributed by atoms with Crippen LogP contribution in [0.1, 0.15) is 69.9 Å². The molecule has 6 heterocycles. The van der Waals surface area contributed by atoms with Gasteiger partial charge in [0.25, 0.3) is 5.91 Å². The third-order valence-corrected chi connectivity index (χ3v) is 9.67. The van der Waals surface area contributed by atoms with E-state index in [0.717, 1.165) is 44.4 Å². The zero-order valence-corrected chi connectivity index (χ0v) is 26.4. The molecule has 4 aromatic rings. The minimum absolute atomic E-state index is 0.250. The summed E-state index contributed by atoms with van der Waals surface area (Å²) < 4.78 is 7.73. The number of rotatable bonds is 2. The maximum Gasteiger partial charge on any atom is 0.310 e. The molecule has 43 heavy (non-hydrogen) atoms. The van der Waals surface area contributed by atoms with Gasteiger partial charge in [0.1, 0.15) is 5.52 Å². The molecule has 1 N–H and O–H groups in total. The molecule has 0 fully saturated rings. The van der Waals surface area contributed by atoms with Gasteiger partial charge in [-0.3, -0.25) is 9.59 Å². The van der Waals surface area contributed by atoms with E-state index in [0.29, 0.717) is 44.2 Å². The van der Waals surface area contributed by atoms with Crippen LogP contribution in [0, 0.1) is 12.3 Å². The average molecular weight is 642 g/mol. The number of aromatic nitrogens is 3. The van der Waals surface area contributed by atoms with E-state index in [1.807, 2.05) is 35.9 Å². The number of carbonyl (C=O) groups excluding carboxylic acids is 1. The molecule has 1 atom stereocenters. The highest BCUT2D eigenvalue weighted by molar-refractivity contribution is 6.39. The Hall–Kier alpha value is -3.17. The molecule has 11 heteroatoms. The van der Waals surface area contributed by atoms with Crippen LogP contribution in [0.15, 0.2) is 36.4 Å². The minimum Gasteiger partial charge on any atom is -0.481 e. The lowest BCUT2D eigenvalue weighted by molar-refractivity contribution is -0.147. The van der Waals surface area contributed by atoms with Gasteiger partial charge in [0.15, 0.2) is 0 Å². The molecular weight excluding hydrogens is 611 g/mol. The quantitative estimate of drug-likeness (QED) is 0.252. The van der Waals surface area contributed by atoms with Gasteiger partial charge in [0, 0.05) is 37.2 Å². The summed E-state index contributed by atoms with van der Waals surface area (Å²) in [4.78, 5) is 28.2. The normalized spacial score (nSPS) is 17.7. The van der Waals surface area contributed by atoms with Gasteiger partial charge >= 0.3 is 5.97 Å². The van der Waals surface area contributed by atoms with E-state index in [-0.39, 0.29) is 28.1 Å². The number of amides is 1. The molecule has 0 spiro atoms. The second kappa shape index (κ2) is 11.4. The van der Waals surface area contributed by atoms with Gasteiger partial charge in [-0.1, -0.05) is 52.1 Å². The van der Waals surface area contributed by atoms with Gasteiger partial charge in [0.05, 0.1) is 33.1 Å². The number of carboxylic acids is 1. The Morgan fingerprint density at radius 1 is 1.07 bits per heavy atom. The van der Waals surface area contributed by atoms with Crippen LogP contribution in [0.2, 0.25) is 15.1 Å². The molecule has 8 nitrogen and oxygen atoms in total. The molecule has 1 unspecified atom stereocenters. The first-order valence-corrected chi connectivity index (χ1v) is 15.3. The monoisotopic (exact) mass is 640 g/mol. The summed E-state index contributed by atoms with van der Waals surface area (Å²) in [6, 6.07) is 11.2. The third kappa shape index (κ3) is 5.29. The fourth-order valence-corrected chi connectivity index (χ4v) is 7.39. The van der Waals surface area contributed by atoms with Gasteiger partial charge in [-0.05, 0) is 91.3 Å². The molecule has 0 radical (unpaired) electrons. The zero-order valence-electron chi connectivity index (χ0n) is 24.1. The van der Waals surface area contributed by atoms with Gasteiger partial charge in [0.2, 0.25) is 0 Å². The number of aryl methyl sites for hydroxylation is 2. The van der Waals surface area contributed by atoms with Crippen molar-refractivity contribution in [2.24, 2.45) is 5.41 Å². The fraction of sp³-hybridized carbons (Fsp3) is 0.375. The lowest BCUT2D eigenvalue weighted by atomic mass is 9.69. The lowest BCUT2D eigenvalue weighted by Crippen LogP contribution is -2.37. The summed E-state index contributed by atoms with van der Waals surface area (Å²) in [5.41, 5.74) is 5.67. The number of carbonyl (C=O) groups is 2. The van der Waals surface area contributed by atoms with Crippen molar-refractivity contribution in [3.63, 3.8) is 0 Å². The maximum absolute atomic E-state index is 13.8. The molecule has 5 aliphatic rings. The highest BCUT2D eigenvalue weighted by Gasteiger charge is 2.41. The summed E-state index contributed by atoms with van der Waals surface area (Å²) >= 11 is 20.1. The number of carboxylic acid groups (broad SMARTS) is 1. The Kier molecular flexibility index (Phi) is 7.92. The molecule has 224 valence electrons. The topological polar surface area (TPSA) is 97.5 Å². The number of ether oxygens (including phenoxy) is 1. The number of benzene rings is 3. The first kappa shape index (κ1) is 29.9. The summed E-state index contributed by atoms with van der Waals surface area (Å²) in [6.07, 6.45) is 1.23. The predicted octanol–water partition coefficient (Wildman–Crippen LogP) is 7.06. The van der Waals surface area contributed by atoms with E-state index < -0.39 is 17.3 Å². The van der Waals surface area contributed by atoms with Crippen LogP contribution < -0.4 is 0 Å². The van der Waals surface area contributed by atoms with Crippen LogP contribution in [0.3, 0.4) is 0 Å². The van der Waals surface area contributed by atoms with Crippen LogP contribution in [0.4, 0.5) is 0 Å². The molecule has 3 aromatic carbocycles. The van der Waals surface area contributed by atoms with Crippen molar-refractivity contribution in [1.82, 2.24) is 19.9 Å². The van der Waals surface area contributed by atoms with Crippen molar-refractivity contribution in [1.29, 1.82) is 0 Å². The van der Waals surface area contributed by atoms with E-state index in [2.05, 4.69) is 10.3 Å². The first-order chi connectivity index (χ1) is 20.5. The molecule has 9 rings (SSSR count). The van der Waals surface area contributed by atoms with Crippen LogP contribution in [0.25, 0.3) is 11.0 Å². The average Bonchev–Trinajstić information content (AvgIpc) is 3.36. The Labute approximate surface area is 264 Å². The molecule has 5 aliphatic heterocycles. The van der Waals surface area contributed by atoms with Crippen molar-refractivity contribution < 1.29 is 19.4 Å². The largest absolute Gasteiger partial charge is 0.481 e. The van der Waals surface area contributed by atoms with Gasteiger partial charge in [-0.2, -0.15) is 0 Å². The van der Waals surface area contributed by atoms with Gasteiger partial charge < -0.3 is 14.7 Å². The molecule has 1 amide bonds. The maximum atomic E-state index is 13.8. The van der Waals surface area contributed by atoms with Crippen LogP contribution >= 0.6 is 34.8 Å². The van der Waals surface area contributed by atoms with E-state index in [4.69, 9.17) is 39.5 Å².